The SMILES string of the molecule is COC(=O)C[C@@H](OC(=O)/C=C/c1ccc(O)c(O)c1)c1ccc(O)c(O)c1. The molecule has 0 spiro atoms. The first-order valence-electron chi connectivity index (χ1n) is 7.79. The van der Waals surface area contributed by atoms with E-state index in [9.17, 15) is 30.0 Å². The largest absolute Gasteiger partial charge is 0.504 e. The number of aromatic hydroxyl groups is 4. The first kappa shape index (κ1) is 19.6. The van der Waals surface area contributed by atoms with Crippen LogP contribution in [0.15, 0.2) is 42.5 Å². The lowest BCUT2D eigenvalue weighted by Crippen LogP contribution is -2.15. The van der Waals surface area contributed by atoms with Crippen molar-refractivity contribution in [3.63, 3.8) is 0 Å². The summed E-state index contributed by atoms with van der Waals surface area (Å²) < 4.78 is 9.83. The predicted octanol–water partition coefficient (Wildman–Crippen LogP) is 2.37. The molecule has 142 valence electrons. The Bertz CT molecular complexity index is 872. The summed E-state index contributed by atoms with van der Waals surface area (Å²) in [5.41, 5.74) is 0.730. The highest BCUT2D eigenvalue weighted by molar-refractivity contribution is 5.87. The number of carbonyl (C=O) groups excluding carboxylic acids is 2. The van der Waals surface area contributed by atoms with Crippen molar-refractivity contribution in [2.45, 2.75) is 12.5 Å². The van der Waals surface area contributed by atoms with Gasteiger partial charge in [-0.15, -0.1) is 0 Å². The fraction of sp³-hybridized carbons (Fsp3) is 0.158. The second-order valence-electron chi connectivity index (χ2n) is 5.54. The zero-order valence-corrected chi connectivity index (χ0v) is 14.3. The average molecular weight is 374 g/mol. The maximum absolute atomic E-state index is 12.1. The van der Waals surface area contributed by atoms with Crippen molar-refractivity contribution in [2.75, 3.05) is 7.11 Å². The van der Waals surface area contributed by atoms with E-state index in [1.54, 1.807) is 0 Å². The van der Waals surface area contributed by atoms with E-state index >= 15 is 0 Å². The molecule has 1 atom stereocenters. The Kier molecular flexibility index (Phi) is 6.27. The van der Waals surface area contributed by atoms with Crippen LogP contribution in [0.2, 0.25) is 0 Å². The minimum Gasteiger partial charge on any atom is -0.504 e. The highest BCUT2D eigenvalue weighted by Crippen LogP contribution is 2.31. The molecule has 2 rings (SSSR count). The Hall–Kier alpha value is -3.68. The molecular formula is C19H18O8. The van der Waals surface area contributed by atoms with Crippen molar-refractivity contribution in [2.24, 2.45) is 0 Å². The lowest BCUT2D eigenvalue weighted by Gasteiger charge is -2.17. The smallest absolute Gasteiger partial charge is 0.331 e. The summed E-state index contributed by atoms with van der Waals surface area (Å²) in [5.74, 6) is -2.83. The van der Waals surface area contributed by atoms with Crippen LogP contribution in [-0.2, 0) is 19.1 Å². The topological polar surface area (TPSA) is 134 Å². The van der Waals surface area contributed by atoms with Crippen LogP contribution in [0.1, 0.15) is 23.7 Å². The van der Waals surface area contributed by atoms with Gasteiger partial charge in [-0.2, -0.15) is 0 Å². The van der Waals surface area contributed by atoms with Gasteiger partial charge in [-0.05, 0) is 41.5 Å². The molecule has 0 radical (unpaired) electrons. The fourth-order valence-electron chi connectivity index (χ4n) is 2.19. The Balaban J connectivity index is 2.16. The third-order valence-corrected chi connectivity index (χ3v) is 3.62. The van der Waals surface area contributed by atoms with E-state index in [1.807, 2.05) is 0 Å². The first-order chi connectivity index (χ1) is 12.8. The van der Waals surface area contributed by atoms with E-state index < -0.39 is 23.8 Å². The van der Waals surface area contributed by atoms with Crippen LogP contribution in [0.5, 0.6) is 23.0 Å². The summed E-state index contributed by atoms with van der Waals surface area (Å²) in [7, 11) is 1.19. The third kappa shape index (κ3) is 5.40. The number of phenols is 4. The van der Waals surface area contributed by atoms with Gasteiger partial charge in [-0.1, -0.05) is 12.1 Å². The number of rotatable bonds is 6. The molecule has 0 aliphatic heterocycles. The van der Waals surface area contributed by atoms with Crippen LogP contribution in [0.25, 0.3) is 6.08 Å². The highest BCUT2D eigenvalue weighted by atomic mass is 16.6. The van der Waals surface area contributed by atoms with Gasteiger partial charge in [0.2, 0.25) is 0 Å². The molecule has 0 heterocycles. The Morgan fingerprint density at radius 3 is 2.19 bits per heavy atom. The Labute approximate surface area is 154 Å². The van der Waals surface area contributed by atoms with E-state index in [2.05, 4.69) is 4.74 Å². The van der Waals surface area contributed by atoms with E-state index in [-0.39, 0.29) is 23.7 Å². The first-order valence-corrected chi connectivity index (χ1v) is 7.79. The molecule has 8 nitrogen and oxygen atoms in total. The third-order valence-electron chi connectivity index (χ3n) is 3.62. The van der Waals surface area contributed by atoms with Crippen molar-refractivity contribution in [3.05, 3.63) is 53.6 Å². The van der Waals surface area contributed by atoms with Gasteiger partial charge in [-0.3, -0.25) is 4.79 Å². The molecule has 0 fully saturated rings. The van der Waals surface area contributed by atoms with E-state index in [4.69, 9.17) is 4.74 Å². The van der Waals surface area contributed by atoms with Gasteiger partial charge in [0.1, 0.15) is 6.10 Å². The number of esters is 2. The van der Waals surface area contributed by atoms with Crippen molar-refractivity contribution < 1.29 is 39.5 Å². The molecule has 0 aromatic heterocycles. The lowest BCUT2D eigenvalue weighted by atomic mass is 10.1. The van der Waals surface area contributed by atoms with Crippen molar-refractivity contribution in [1.29, 1.82) is 0 Å². The number of hydrogen-bond donors (Lipinski definition) is 4. The van der Waals surface area contributed by atoms with E-state index in [0.717, 1.165) is 6.08 Å². The zero-order chi connectivity index (χ0) is 20.0. The molecular weight excluding hydrogens is 356 g/mol. The molecule has 0 unspecified atom stereocenters. The standard InChI is InChI=1S/C19H18O8/c1-26-19(25)10-17(12-4-6-14(21)16(23)9-12)27-18(24)7-3-11-2-5-13(20)15(22)8-11/h2-9,17,20-23H,10H2,1H3/b7-3+/t17-/m1/s1. The molecule has 0 saturated heterocycles. The maximum atomic E-state index is 12.1. The average Bonchev–Trinajstić information content (AvgIpc) is 2.64. The second-order valence-corrected chi connectivity index (χ2v) is 5.54. The highest BCUT2D eigenvalue weighted by Gasteiger charge is 2.21. The van der Waals surface area contributed by atoms with Crippen LogP contribution >= 0.6 is 0 Å². The number of phenolic OH excluding ortho intramolecular Hbond substituents is 4. The van der Waals surface area contributed by atoms with Gasteiger partial charge in [-0.25, -0.2) is 4.79 Å². The minimum absolute atomic E-state index is 0.291. The second kappa shape index (κ2) is 8.61. The molecule has 8 heteroatoms. The molecule has 2 aromatic rings. The van der Waals surface area contributed by atoms with Crippen LogP contribution in [-0.4, -0.2) is 39.5 Å². The summed E-state index contributed by atoms with van der Waals surface area (Å²) >= 11 is 0. The maximum Gasteiger partial charge on any atom is 0.331 e. The lowest BCUT2D eigenvalue weighted by molar-refractivity contribution is -0.150. The van der Waals surface area contributed by atoms with E-state index in [0.29, 0.717) is 11.1 Å². The summed E-state index contributed by atoms with van der Waals surface area (Å²) in [6.07, 6.45) is 1.09. The quantitative estimate of drug-likeness (QED) is 0.344. The van der Waals surface area contributed by atoms with Crippen molar-refractivity contribution in [3.8, 4) is 23.0 Å². The summed E-state index contributed by atoms with van der Waals surface area (Å²) in [4.78, 5) is 23.7. The monoisotopic (exact) mass is 374 g/mol. The predicted molar refractivity (Wildman–Crippen MR) is 94.0 cm³/mol. The normalized spacial score (nSPS) is 11.9. The van der Waals surface area contributed by atoms with Gasteiger partial charge in [0.05, 0.1) is 13.5 Å². The van der Waals surface area contributed by atoms with Gasteiger partial charge in [0, 0.05) is 6.08 Å². The van der Waals surface area contributed by atoms with Crippen molar-refractivity contribution >= 4 is 18.0 Å². The van der Waals surface area contributed by atoms with Crippen LogP contribution in [0, 0.1) is 0 Å². The van der Waals surface area contributed by atoms with Gasteiger partial charge in [0.15, 0.2) is 23.0 Å². The van der Waals surface area contributed by atoms with Crippen molar-refractivity contribution in [1.82, 2.24) is 0 Å². The number of methoxy groups -OCH3 is 1. The number of benzene rings is 2. The van der Waals surface area contributed by atoms with Crippen LogP contribution < -0.4 is 0 Å². The van der Waals surface area contributed by atoms with E-state index in [1.165, 1.54) is 49.6 Å². The molecule has 0 saturated carbocycles. The summed E-state index contributed by atoms with van der Waals surface area (Å²) in [5, 5.41) is 37.7. The fourth-order valence-corrected chi connectivity index (χ4v) is 2.19. The Morgan fingerprint density at radius 2 is 1.59 bits per heavy atom. The Morgan fingerprint density at radius 1 is 0.963 bits per heavy atom. The van der Waals surface area contributed by atoms with Crippen LogP contribution in [0.3, 0.4) is 0 Å². The summed E-state index contributed by atoms with van der Waals surface area (Å²) in [6, 6.07) is 7.78. The molecule has 0 aliphatic rings. The number of ether oxygens (including phenoxy) is 2. The zero-order valence-electron chi connectivity index (χ0n) is 14.3. The molecule has 0 bridgehead atoms. The molecule has 0 amide bonds. The van der Waals surface area contributed by atoms with Gasteiger partial charge >= 0.3 is 11.9 Å². The van der Waals surface area contributed by atoms with Gasteiger partial charge in [0.25, 0.3) is 0 Å². The molecule has 27 heavy (non-hydrogen) atoms. The summed E-state index contributed by atoms with van der Waals surface area (Å²) in [6.45, 7) is 0. The molecule has 4 N–H and O–H groups in total. The van der Waals surface area contributed by atoms with Gasteiger partial charge < -0.3 is 29.9 Å². The number of hydrogen-bond acceptors (Lipinski definition) is 8. The minimum atomic E-state index is -1.05. The number of carbonyl (C=O) groups is 2. The molecule has 0 aliphatic carbocycles. The van der Waals surface area contributed by atoms with Crippen LogP contribution in [0.4, 0.5) is 0 Å². The molecule has 2 aromatic carbocycles.